The van der Waals surface area contributed by atoms with Gasteiger partial charge in [0.25, 0.3) is 5.91 Å². The SMILES string of the molecule is COC(=O)CNC(=O)C1=C(O)C2(CCCC2)n2cccc2C1=O. The van der Waals surface area contributed by atoms with Gasteiger partial charge in [-0.25, -0.2) is 0 Å². The number of carbonyl (C=O) groups excluding carboxylic acids is 3. The highest BCUT2D eigenvalue weighted by Gasteiger charge is 2.48. The molecule has 1 aromatic rings. The molecule has 0 saturated heterocycles. The van der Waals surface area contributed by atoms with E-state index in [2.05, 4.69) is 10.1 Å². The molecule has 7 nitrogen and oxygen atoms in total. The van der Waals surface area contributed by atoms with E-state index in [1.807, 2.05) is 0 Å². The second-order valence-electron chi connectivity index (χ2n) is 5.81. The van der Waals surface area contributed by atoms with Crippen molar-refractivity contribution in [2.24, 2.45) is 0 Å². The van der Waals surface area contributed by atoms with Crippen LogP contribution in [0.5, 0.6) is 0 Å². The lowest BCUT2D eigenvalue weighted by atomic mass is 9.85. The first-order valence-electron chi connectivity index (χ1n) is 7.52. The lowest BCUT2D eigenvalue weighted by Gasteiger charge is -2.36. The van der Waals surface area contributed by atoms with Crippen LogP contribution in [-0.4, -0.2) is 41.0 Å². The van der Waals surface area contributed by atoms with Crippen molar-refractivity contribution in [2.75, 3.05) is 13.7 Å². The van der Waals surface area contributed by atoms with Gasteiger partial charge in [0, 0.05) is 6.20 Å². The number of aliphatic hydroxyl groups excluding tert-OH is 1. The summed E-state index contributed by atoms with van der Waals surface area (Å²) in [5, 5.41) is 13.0. The zero-order valence-corrected chi connectivity index (χ0v) is 12.8. The molecule has 2 aliphatic rings. The van der Waals surface area contributed by atoms with E-state index in [1.54, 1.807) is 22.9 Å². The number of ether oxygens (including phenoxy) is 1. The highest BCUT2D eigenvalue weighted by atomic mass is 16.5. The third-order valence-corrected chi connectivity index (χ3v) is 4.63. The van der Waals surface area contributed by atoms with E-state index < -0.39 is 23.2 Å². The molecule has 1 aliphatic heterocycles. The summed E-state index contributed by atoms with van der Waals surface area (Å²) in [5.41, 5.74) is -0.625. The number of carbonyl (C=O) groups is 3. The molecule has 23 heavy (non-hydrogen) atoms. The van der Waals surface area contributed by atoms with Crippen LogP contribution in [0, 0.1) is 0 Å². The third kappa shape index (κ3) is 2.23. The highest BCUT2D eigenvalue weighted by Crippen LogP contribution is 2.46. The number of rotatable bonds is 3. The fraction of sp³-hybridized carbons (Fsp3) is 0.438. The minimum Gasteiger partial charge on any atom is -0.509 e. The standard InChI is InChI=1S/C16H18N2O5/c1-23-11(19)9-17-15(22)12-13(20)10-5-4-8-18(10)16(14(12)21)6-2-3-7-16/h4-5,8,21H,2-3,6-7,9H2,1H3,(H,17,22). The number of ketones is 1. The van der Waals surface area contributed by atoms with Gasteiger partial charge in [-0.05, 0) is 25.0 Å². The maximum absolute atomic E-state index is 12.6. The van der Waals surface area contributed by atoms with Gasteiger partial charge < -0.3 is 19.7 Å². The third-order valence-electron chi connectivity index (χ3n) is 4.63. The number of nitrogens with zero attached hydrogens (tertiary/aromatic N) is 1. The molecule has 1 saturated carbocycles. The average Bonchev–Trinajstić information content (AvgIpc) is 3.20. The number of aromatic nitrogens is 1. The second kappa shape index (κ2) is 5.57. The largest absolute Gasteiger partial charge is 0.509 e. The fourth-order valence-corrected chi connectivity index (χ4v) is 3.48. The summed E-state index contributed by atoms with van der Waals surface area (Å²) >= 11 is 0. The molecular formula is C16H18N2O5. The predicted octanol–water partition coefficient (Wildman–Crippen LogP) is 1.05. The Balaban J connectivity index is 2.00. The second-order valence-corrected chi connectivity index (χ2v) is 5.81. The van der Waals surface area contributed by atoms with Gasteiger partial charge in [0.05, 0.1) is 12.8 Å². The van der Waals surface area contributed by atoms with Crippen LogP contribution in [0.2, 0.25) is 0 Å². The summed E-state index contributed by atoms with van der Waals surface area (Å²) in [6, 6.07) is 3.37. The smallest absolute Gasteiger partial charge is 0.325 e. The van der Waals surface area contributed by atoms with E-state index in [-0.39, 0.29) is 17.9 Å². The summed E-state index contributed by atoms with van der Waals surface area (Å²) < 4.78 is 6.23. The summed E-state index contributed by atoms with van der Waals surface area (Å²) in [7, 11) is 1.21. The van der Waals surface area contributed by atoms with Gasteiger partial charge in [-0.3, -0.25) is 14.4 Å². The molecule has 3 rings (SSSR count). The first-order chi connectivity index (χ1) is 11.0. The van der Waals surface area contributed by atoms with E-state index in [9.17, 15) is 19.5 Å². The maximum atomic E-state index is 12.6. The van der Waals surface area contributed by atoms with Crippen molar-refractivity contribution in [3.05, 3.63) is 35.4 Å². The summed E-state index contributed by atoms with van der Waals surface area (Å²) in [6.07, 6.45) is 4.92. The number of amides is 1. The molecule has 2 N–H and O–H groups in total. The molecule has 2 heterocycles. The number of hydrogen-bond acceptors (Lipinski definition) is 5. The number of aliphatic hydroxyl groups is 1. The lowest BCUT2D eigenvalue weighted by molar-refractivity contribution is -0.140. The van der Waals surface area contributed by atoms with Gasteiger partial charge in [0.1, 0.15) is 23.4 Å². The molecule has 122 valence electrons. The van der Waals surface area contributed by atoms with Gasteiger partial charge in [-0.1, -0.05) is 12.8 Å². The molecule has 1 fully saturated rings. The Hall–Kier alpha value is -2.57. The Labute approximate surface area is 132 Å². The topological polar surface area (TPSA) is 97.6 Å². The normalized spacial score (nSPS) is 18.9. The number of esters is 1. The highest BCUT2D eigenvalue weighted by molar-refractivity contribution is 6.26. The minimum absolute atomic E-state index is 0.203. The molecule has 0 aromatic carbocycles. The van der Waals surface area contributed by atoms with Gasteiger partial charge in [0.2, 0.25) is 5.78 Å². The first-order valence-corrected chi connectivity index (χ1v) is 7.52. The number of methoxy groups -OCH3 is 1. The Morgan fingerprint density at radius 1 is 1.39 bits per heavy atom. The van der Waals surface area contributed by atoms with E-state index in [0.29, 0.717) is 18.5 Å². The molecule has 1 aromatic heterocycles. The van der Waals surface area contributed by atoms with Crippen LogP contribution in [0.3, 0.4) is 0 Å². The van der Waals surface area contributed by atoms with E-state index in [4.69, 9.17) is 0 Å². The van der Waals surface area contributed by atoms with Crippen molar-refractivity contribution in [1.29, 1.82) is 0 Å². The molecular weight excluding hydrogens is 300 g/mol. The Morgan fingerprint density at radius 2 is 2.09 bits per heavy atom. The molecule has 0 bridgehead atoms. The molecule has 1 aliphatic carbocycles. The van der Waals surface area contributed by atoms with Crippen molar-refractivity contribution < 1.29 is 24.2 Å². The van der Waals surface area contributed by atoms with E-state index in [1.165, 1.54) is 7.11 Å². The van der Waals surface area contributed by atoms with Crippen LogP contribution in [-0.2, 0) is 19.9 Å². The van der Waals surface area contributed by atoms with Crippen molar-refractivity contribution in [3.63, 3.8) is 0 Å². The van der Waals surface area contributed by atoms with Crippen LogP contribution >= 0.6 is 0 Å². The monoisotopic (exact) mass is 318 g/mol. The fourth-order valence-electron chi connectivity index (χ4n) is 3.48. The minimum atomic E-state index is -0.753. The van der Waals surface area contributed by atoms with Gasteiger partial charge in [-0.2, -0.15) is 0 Å². The zero-order valence-electron chi connectivity index (χ0n) is 12.8. The number of hydrogen-bond donors (Lipinski definition) is 2. The van der Waals surface area contributed by atoms with Crippen LogP contribution in [0.1, 0.15) is 36.2 Å². The molecule has 1 amide bonds. The number of nitrogens with one attached hydrogen (secondary N) is 1. The van der Waals surface area contributed by atoms with Crippen LogP contribution in [0.15, 0.2) is 29.7 Å². The molecule has 0 unspecified atom stereocenters. The van der Waals surface area contributed by atoms with Crippen molar-refractivity contribution in [2.45, 2.75) is 31.2 Å². The predicted molar refractivity (Wildman–Crippen MR) is 79.9 cm³/mol. The van der Waals surface area contributed by atoms with Crippen molar-refractivity contribution in [3.8, 4) is 0 Å². The van der Waals surface area contributed by atoms with E-state index in [0.717, 1.165) is 12.8 Å². The number of fused-ring (bicyclic) bond motifs is 2. The summed E-state index contributed by atoms with van der Waals surface area (Å²) in [6.45, 7) is -0.354. The van der Waals surface area contributed by atoms with Gasteiger partial charge in [0.15, 0.2) is 0 Å². The van der Waals surface area contributed by atoms with Gasteiger partial charge in [-0.15, -0.1) is 0 Å². The van der Waals surface area contributed by atoms with Crippen LogP contribution in [0.25, 0.3) is 0 Å². The van der Waals surface area contributed by atoms with Crippen molar-refractivity contribution >= 4 is 17.7 Å². The first kappa shape index (κ1) is 15.3. The Morgan fingerprint density at radius 3 is 2.74 bits per heavy atom. The van der Waals surface area contributed by atoms with Crippen molar-refractivity contribution in [1.82, 2.24) is 9.88 Å². The lowest BCUT2D eigenvalue weighted by Crippen LogP contribution is -2.44. The zero-order chi connectivity index (χ0) is 16.6. The maximum Gasteiger partial charge on any atom is 0.325 e. The molecule has 7 heteroatoms. The van der Waals surface area contributed by atoms with E-state index >= 15 is 0 Å². The number of Topliss-reactive ketones (excluding diaryl/α,β-unsaturated/α-hetero) is 1. The Bertz CT molecular complexity index is 710. The Kier molecular flexibility index (Phi) is 3.71. The van der Waals surface area contributed by atoms with Gasteiger partial charge >= 0.3 is 5.97 Å². The summed E-state index contributed by atoms with van der Waals surface area (Å²) in [5.74, 6) is -2.12. The quantitative estimate of drug-likeness (QED) is 0.641. The molecule has 0 radical (unpaired) electrons. The molecule has 1 spiro atoms. The average molecular weight is 318 g/mol. The van der Waals surface area contributed by atoms with Crippen LogP contribution < -0.4 is 5.32 Å². The number of allylic oxidation sites excluding steroid dienone is 1. The summed E-state index contributed by atoms with van der Waals surface area (Å²) in [4.78, 5) is 36.1. The van der Waals surface area contributed by atoms with Crippen LogP contribution in [0.4, 0.5) is 0 Å². The molecule has 0 atom stereocenters.